The van der Waals surface area contributed by atoms with E-state index in [9.17, 15) is 9.59 Å². The molecule has 3 rings (SSSR count). The fraction of sp³-hybridized carbons (Fsp3) is 0.190. The Morgan fingerprint density at radius 1 is 1.07 bits per heavy atom. The van der Waals surface area contributed by atoms with Crippen LogP contribution in [0.5, 0.6) is 0 Å². The van der Waals surface area contributed by atoms with Crippen LogP contribution in [0.1, 0.15) is 28.7 Å². The maximum absolute atomic E-state index is 12.1. The number of hydrogen-bond donors (Lipinski definition) is 1. The first kappa shape index (κ1) is 18.4. The number of hydrogen-bond acceptors (Lipinski definition) is 4. The minimum Gasteiger partial charge on any atom is -0.447 e. The number of amides is 2. The normalized spacial score (nSPS) is 10.5. The van der Waals surface area contributed by atoms with Crippen LogP contribution >= 0.6 is 0 Å². The average molecular weight is 363 g/mol. The van der Waals surface area contributed by atoms with Gasteiger partial charge in [-0.1, -0.05) is 36.4 Å². The summed E-state index contributed by atoms with van der Waals surface area (Å²) in [7, 11) is 3.37. The molecule has 138 valence electrons. The summed E-state index contributed by atoms with van der Waals surface area (Å²) >= 11 is 0. The predicted octanol–water partition coefficient (Wildman–Crippen LogP) is 3.59. The topological polar surface area (TPSA) is 75.4 Å². The summed E-state index contributed by atoms with van der Waals surface area (Å²) in [6.45, 7) is 1.49. The van der Waals surface area contributed by atoms with Crippen LogP contribution < -0.4 is 5.32 Å². The van der Waals surface area contributed by atoms with Gasteiger partial charge in [0.05, 0.1) is 0 Å². The molecule has 0 atom stereocenters. The Morgan fingerprint density at radius 2 is 1.81 bits per heavy atom. The summed E-state index contributed by atoms with van der Waals surface area (Å²) in [6, 6.07) is 15.7. The molecule has 3 aromatic rings. The van der Waals surface area contributed by atoms with Crippen molar-refractivity contribution in [1.29, 1.82) is 0 Å². The van der Waals surface area contributed by atoms with Crippen LogP contribution in [0.4, 0.5) is 5.69 Å². The molecule has 27 heavy (non-hydrogen) atoms. The number of rotatable bonds is 5. The maximum atomic E-state index is 12.1. The number of aromatic nitrogens is 1. The van der Waals surface area contributed by atoms with Gasteiger partial charge in [-0.05, 0) is 28.8 Å². The molecule has 0 spiro atoms. The first-order valence-electron chi connectivity index (χ1n) is 8.55. The van der Waals surface area contributed by atoms with Crippen LogP contribution in [0.2, 0.25) is 0 Å². The first-order chi connectivity index (χ1) is 12.9. The molecule has 6 nitrogen and oxygen atoms in total. The smallest absolute Gasteiger partial charge is 0.275 e. The highest BCUT2D eigenvalue weighted by molar-refractivity contribution is 5.93. The molecule has 1 aromatic heterocycles. The Morgan fingerprint density at radius 3 is 2.48 bits per heavy atom. The molecule has 0 fully saturated rings. The third-order valence-corrected chi connectivity index (χ3v) is 4.08. The number of oxazole rings is 1. The van der Waals surface area contributed by atoms with E-state index in [1.54, 1.807) is 14.1 Å². The van der Waals surface area contributed by atoms with Crippen LogP contribution in [0.3, 0.4) is 0 Å². The Kier molecular flexibility index (Phi) is 5.35. The summed E-state index contributed by atoms with van der Waals surface area (Å²) in [5.41, 5.74) is 4.16. The maximum Gasteiger partial charge on any atom is 0.275 e. The third-order valence-electron chi connectivity index (χ3n) is 4.08. The predicted molar refractivity (Wildman–Crippen MR) is 104 cm³/mol. The van der Waals surface area contributed by atoms with Gasteiger partial charge in [0.2, 0.25) is 5.91 Å². The number of carbonyl (C=O) groups excluding carboxylic acids is 2. The van der Waals surface area contributed by atoms with Crippen molar-refractivity contribution in [2.75, 3.05) is 19.4 Å². The van der Waals surface area contributed by atoms with Crippen molar-refractivity contribution in [1.82, 2.24) is 9.88 Å². The van der Waals surface area contributed by atoms with E-state index in [-0.39, 0.29) is 11.8 Å². The average Bonchev–Trinajstić information content (AvgIpc) is 3.09. The van der Waals surface area contributed by atoms with Crippen LogP contribution in [0.15, 0.2) is 59.3 Å². The van der Waals surface area contributed by atoms with Crippen molar-refractivity contribution in [3.05, 3.63) is 71.9 Å². The van der Waals surface area contributed by atoms with E-state index >= 15 is 0 Å². The summed E-state index contributed by atoms with van der Waals surface area (Å²) in [5, 5.41) is 2.79. The molecule has 1 heterocycles. The van der Waals surface area contributed by atoms with Crippen LogP contribution in [-0.4, -0.2) is 35.8 Å². The molecule has 2 aromatic carbocycles. The molecule has 0 aliphatic carbocycles. The lowest BCUT2D eigenvalue weighted by atomic mass is 10.0. The van der Waals surface area contributed by atoms with Gasteiger partial charge in [0.15, 0.2) is 12.1 Å². The second-order valence-corrected chi connectivity index (χ2v) is 6.46. The highest BCUT2D eigenvalue weighted by atomic mass is 16.3. The summed E-state index contributed by atoms with van der Waals surface area (Å²) in [5.74, 6) is 0.275. The standard InChI is InChI=1S/C21H21N3O3/c1-14(25)23-18-6-4-5-17(12-18)16-9-7-15(8-10-16)11-19-20(22-13-27-19)21(26)24(2)3/h4-10,12-13H,11H2,1-3H3,(H,23,25). The molecule has 2 amide bonds. The lowest BCUT2D eigenvalue weighted by Crippen LogP contribution is -2.23. The molecule has 1 N–H and O–H groups in total. The van der Waals surface area contributed by atoms with Crippen molar-refractivity contribution in [3.63, 3.8) is 0 Å². The lowest BCUT2D eigenvalue weighted by molar-refractivity contribution is -0.114. The van der Waals surface area contributed by atoms with Gasteiger partial charge in [-0.25, -0.2) is 4.98 Å². The van der Waals surface area contributed by atoms with Crippen LogP contribution in [0, 0.1) is 0 Å². The molecule has 0 saturated carbocycles. The zero-order chi connectivity index (χ0) is 19.4. The van der Waals surface area contributed by atoms with Crippen LogP contribution in [0.25, 0.3) is 11.1 Å². The minimum absolute atomic E-state index is 0.0994. The number of anilines is 1. The van der Waals surface area contributed by atoms with E-state index < -0.39 is 0 Å². The van der Waals surface area contributed by atoms with Gasteiger partial charge < -0.3 is 14.6 Å². The second-order valence-electron chi connectivity index (χ2n) is 6.46. The molecule has 0 bridgehead atoms. The van der Waals surface area contributed by atoms with Crippen molar-refractivity contribution in [2.24, 2.45) is 0 Å². The number of carbonyl (C=O) groups is 2. The quantitative estimate of drug-likeness (QED) is 0.752. The van der Waals surface area contributed by atoms with E-state index in [1.165, 1.54) is 18.2 Å². The van der Waals surface area contributed by atoms with Gasteiger partial charge in [0.25, 0.3) is 5.91 Å². The molecule has 0 unspecified atom stereocenters. The summed E-state index contributed by atoms with van der Waals surface area (Å²) in [4.78, 5) is 28.9. The summed E-state index contributed by atoms with van der Waals surface area (Å²) < 4.78 is 5.41. The fourth-order valence-corrected chi connectivity index (χ4v) is 2.76. The van der Waals surface area contributed by atoms with Gasteiger partial charge >= 0.3 is 0 Å². The first-order valence-corrected chi connectivity index (χ1v) is 8.55. The SMILES string of the molecule is CC(=O)Nc1cccc(-c2ccc(Cc3ocnc3C(=O)N(C)C)cc2)c1. The monoisotopic (exact) mass is 363 g/mol. The zero-order valence-electron chi connectivity index (χ0n) is 15.5. The minimum atomic E-state index is -0.176. The number of benzene rings is 2. The van der Waals surface area contributed by atoms with E-state index in [0.717, 1.165) is 22.4 Å². The van der Waals surface area contributed by atoms with Crippen molar-refractivity contribution >= 4 is 17.5 Å². The highest BCUT2D eigenvalue weighted by Gasteiger charge is 2.18. The van der Waals surface area contributed by atoms with E-state index in [1.807, 2.05) is 48.5 Å². The molecule has 6 heteroatoms. The van der Waals surface area contributed by atoms with E-state index in [2.05, 4.69) is 10.3 Å². The number of nitrogens with zero attached hydrogens (tertiary/aromatic N) is 2. The molecular formula is C21H21N3O3. The zero-order valence-corrected chi connectivity index (χ0v) is 15.5. The highest BCUT2D eigenvalue weighted by Crippen LogP contribution is 2.24. The van der Waals surface area contributed by atoms with Gasteiger partial charge in [-0.15, -0.1) is 0 Å². The summed E-state index contributed by atoms with van der Waals surface area (Å²) in [6.07, 6.45) is 1.79. The Bertz CT molecular complexity index is 959. The van der Waals surface area contributed by atoms with Crippen molar-refractivity contribution in [3.8, 4) is 11.1 Å². The van der Waals surface area contributed by atoms with Gasteiger partial charge in [-0.3, -0.25) is 9.59 Å². The Balaban J connectivity index is 1.78. The van der Waals surface area contributed by atoms with E-state index in [0.29, 0.717) is 17.9 Å². The van der Waals surface area contributed by atoms with Gasteiger partial charge in [0, 0.05) is 33.1 Å². The Labute approximate surface area is 157 Å². The molecule has 0 saturated heterocycles. The molecular weight excluding hydrogens is 342 g/mol. The van der Waals surface area contributed by atoms with Crippen molar-refractivity contribution < 1.29 is 14.0 Å². The molecule has 0 aliphatic rings. The van der Waals surface area contributed by atoms with Crippen molar-refractivity contribution in [2.45, 2.75) is 13.3 Å². The van der Waals surface area contributed by atoms with Gasteiger partial charge in [0.1, 0.15) is 5.76 Å². The second kappa shape index (κ2) is 7.86. The third kappa shape index (κ3) is 4.41. The number of nitrogens with one attached hydrogen (secondary N) is 1. The van der Waals surface area contributed by atoms with Crippen LogP contribution in [-0.2, 0) is 11.2 Å². The van der Waals surface area contributed by atoms with Gasteiger partial charge in [-0.2, -0.15) is 0 Å². The lowest BCUT2D eigenvalue weighted by Gasteiger charge is -2.09. The Hall–Kier alpha value is -3.41. The molecule has 0 radical (unpaired) electrons. The van der Waals surface area contributed by atoms with E-state index in [4.69, 9.17) is 4.42 Å². The largest absolute Gasteiger partial charge is 0.447 e. The molecule has 0 aliphatic heterocycles. The fourth-order valence-electron chi connectivity index (χ4n) is 2.76.